The van der Waals surface area contributed by atoms with Crippen molar-refractivity contribution in [3.63, 3.8) is 0 Å². The minimum Gasteiger partial charge on any atom is -0.392 e. The SMILES string of the molecule is CN1CCN(C(=O)c2ccc(Nc3cc(-c4cccc(-n5ncc6cc(C(C)(C)C)cc(F)c6c5=O)c4CO)nn(C)c3=O)nc2)CC1. The normalized spacial score (nSPS) is 14.0. The van der Waals surface area contributed by atoms with Crippen molar-refractivity contribution in [1.82, 2.24) is 34.3 Å². The highest BCUT2D eigenvalue weighted by Gasteiger charge is 2.23. The van der Waals surface area contributed by atoms with E-state index in [2.05, 4.69) is 25.4 Å². The number of hydrogen-bond acceptors (Lipinski definition) is 9. The molecule has 0 spiro atoms. The second-order valence-electron chi connectivity index (χ2n) is 13.0. The summed E-state index contributed by atoms with van der Waals surface area (Å²) < 4.78 is 17.6. The predicted octanol–water partition coefficient (Wildman–Crippen LogP) is 3.60. The zero-order chi connectivity index (χ0) is 34.3. The van der Waals surface area contributed by atoms with Gasteiger partial charge < -0.3 is 20.2 Å². The number of amides is 1. The lowest BCUT2D eigenvalue weighted by Crippen LogP contribution is -2.47. The summed E-state index contributed by atoms with van der Waals surface area (Å²) in [5, 5.41) is 22.6. The first-order chi connectivity index (χ1) is 22.8. The number of hydrogen-bond donors (Lipinski definition) is 2. The maximum Gasteiger partial charge on any atom is 0.290 e. The second kappa shape index (κ2) is 12.7. The zero-order valence-electron chi connectivity index (χ0n) is 27.5. The van der Waals surface area contributed by atoms with Crippen molar-refractivity contribution >= 4 is 28.2 Å². The number of benzene rings is 2. The van der Waals surface area contributed by atoms with Gasteiger partial charge in [0.25, 0.3) is 17.0 Å². The lowest BCUT2D eigenvalue weighted by molar-refractivity contribution is 0.0663. The van der Waals surface area contributed by atoms with Crippen molar-refractivity contribution in [2.75, 3.05) is 38.5 Å². The first-order valence-corrected chi connectivity index (χ1v) is 15.6. The molecule has 2 aromatic carbocycles. The molecule has 13 heteroatoms. The van der Waals surface area contributed by atoms with Gasteiger partial charge in [0, 0.05) is 55.9 Å². The van der Waals surface area contributed by atoms with Gasteiger partial charge in [-0.05, 0) is 54.4 Å². The van der Waals surface area contributed by atoms with Crippen LogP contribution in [0.1, 0.15) is 42.3 Å². The molecule has 1 aliphatic rings. The maximum atomic E-state index is 15.4. The number of aliphatic hydroxyl groups is 1. The molecule has 3 aromatic heterocycles. The van der Waals surface area contributed by atoms with Crippen LogP contribution in [0.2, 0.25) is 0 Å². The Morgan fingerprint density at radius 3 is 2.40 bits per heavy atom. The van der Waals surface area contributed by atoms with Gasteiger partial charge in [-0.25, -0.2) is 14.1 Å². The molecule has 248 valence electrons. The third kappa shape index (κ3) is 6.21. The van der Waals surface area contributed by atoms with Gasteiger partial charge in [0.1, 0.15) is 17.3 Å². The maximum absolute atomic E-state index is 15.4. The Morgan fingerprint density at radius 2 is 1.73 bits per heavy atom. The van der Waals surface area contributed by atoms with Gasteiger partial charge in [0.15, 0.2) is 0 Å². The molecule has 0 radical (unpaired) electrons. The molecule has 5 aromatic rings. The smallest absolute Gasteiger partial charge is 0.290 e. The Balaban J connectivity index is 1.34. The summed E-state index contributed by atoms with van der Waals surface area (Å²) in [5.74, 6) is -0.405. The van der Waals surface area contributed by atoms with Crippen LogP contribution < -0.4 is 16.4 Å². The third-order valence-corrected chi connectivity index (χ3v) is 8.65. The lowest BCUT2D eigenvalue weighted by atomic mass is 9.86. The monoisotopic (exact) mass is 652 g/mol. The van der Waals surface area contributed by atoms with Crippen molar-refractivity contribution in [3.8, 4) is 16.9 Å². The molecular formula is C35H37FN8O4. The first kappa shape index (κ1) is 32.7. The van der Waals surface area contributed by atoms with E-state index >= 15 is 4.39 Å². The Bertz CT molecular complexity index is 2150. The van der Waals surface area contributed by atoms with Crippen LogP contribution in [0, 0.1) is 5.82 Å². The quantitative estimate of drug-likeness (QED) is 0.282. The molecular weight excluding hydrogens is 615 g/mol. The molecule has 48 heavy (non-hydrogen) atoms. The van der Waals surface area contributed by atoms with Crippen LogP contribution in [0.4, 0.5) is 15.9 Å². The second-order valence-corrected chi connectivity index (χ2v) is 13.0. The summed E-state index contributed by atoms with van der Waals surface area (Å²) >= 11 is 0. The summed E-state index contributed by atoms with van der Waals surface area (Å²) in [7, 11) is 3.52. The van der Waals surface area contributed by atoms with Crippen molar-refractivity contribution in [2.24, 2.45) is 7.05 Å². The van der Waals surface area contributed by atoms with Crippen LogP contribution in [0.3, 0.4) is 0 Å². The number of aromatic nitrogens is 5. The Kier molecular flexibility index (Phi) is 8.67. The summed E-state index contributed by atoms with van der Waals surface area (Å²) in [6.45, 7) is 8.27. The first-order valence-electron chi connectivity index (χ1n) is 15.6. The Labute approximate surface area is 276 Å². The number of carbonyl (C=O) groups is 1. The molecule has 12 nitrogen and oxygen atoms in total. The van der Waals surface area contributed by atoms with E-state index in [-0.39, 0.29) is 28.1 Å². The fourth-order valence-electron chi connectivity index (χ4n) is 5.77. The number of nitrogens with zero attached hydrogens (tertiary/aromatic N) is 7. The topological polar surface area (TPSA) is 138 Å². The summed E-state index contributed by atoms with van der Waals surface area (Å²) in [6.07, 6.45) is 2.91. The number of pyridine rings is 1. The molecule has 2 N–H and O–H groups in total. The van der Waals surface area contributed by atoms with E-state index in [4.69, 9.17) is 0 Å². The highest BCUT2D eigenvalue weighted by molar-refractivity contribution is 5.94. The number of anilines is 2. The van der Waals surface area contributed by atoms with Gasteiger partial charge in [-0.2, -0.15) is 14.9 Å². The Hall–Kier alpha value is -5.27. The molecule has 0 bridgehead atoms. The Morgan fingerprint density at radius 1 is 0.979 bits per heavy atom. The molecule has 1 aliphatic heterocycles. The number of aliphatic hydroxyl groups excluding tert-OH is 1. The van der Waals surface area contributed by atoms with Gasteiger partial charge >= 0.3 is 0 Å². The molecule has 1 amide bonds. The van der Waals surface area contributed by atoms with Gasteiger partial charge in [0.05, 0.1) is 35.1 Å². The van der Waals surface area contributed by atoms with E-state index in [0.29, 0.717) is 46.7 Å². The van der Waals surface area contributed by atoms with Crippen molar-refractivity contribution in [1.29, 1.82) is 0 Å². The summed E-state index contributed by atoms with van der Waals surface area (Å²) in [4.78, 5) is 48.0. The summed E-state index contributed by atoms with van der Waals surface area (Å²) in [5.41, 5.74) is 1.21. The van der Waals surface area contributed by atoms with E-state index in [1.165, 1.54) is 31.6 Å². The van der Waals surface area contributed by atoms with Gasteiger partial charge in [-0.15, -0.1) is 0 Å². The van der Waals surface area contributed by atoms with Crippen molar-refractivity contribution in [3.05, 3.63) is 104 Å². The number of halogens is 1. The average Bonchev–Trinajstić information content (AvgIpc) is 3.06. The van der Waals surface area contributed by atoms with Crippen LogP contribution in [-0.4, -0.2) is 78.6 Å². The standard InChI is InChI=1S/C35H37FN8O4/c1-35(2,3)23-15-22-19-38-44(34(48)31(22)26(36)16-23)29-8-6-7-24(25(29)20-45)27-17-28(33(47)42(5)40-27)39-30-10-9-21(18-37-30)32(46)43-13-11-41(4)12-14-43/h6-10,15-19,45H,11-14,20H2,1-5H3,(H,37,39). The minimum absolute atomic E-state index is 0.0990. The number of nitrogens with one attached hydrogen (secondary N) is 1. The number of carbonyl (C=O) groups excluding carboxylic acids is 1. The number of aryl methyl sites for hydroxylation is 1. The van der Waals surface area contributed by atoms with Gasteiger partial charge in [-0.1, -0.05) is 32.9 Å². The largest absolute Gasteiger partial charge is 0.392 e. The van der Waals surface area contributed by atoms with Crippen LogP contribution in [0.25, 0.3) is 27.7 Å². The average molecular weight is 653 g/mol. The van der Waals surface area contributed by atoms with Crippen molar-refractivity contribution < 1.29 is 14.3 Å². The molecule has 0 unspecified atom stereocenters. The molecule has 4 heterocycles. The van der Waals surface area contributed by atoms with Crippen LogP contribution >= 0.6 is 0 Å². The van der Waals surface area contributed by atoms with Crippen LogP contribution in [0.15, 0.2) is 70.5 Å². The number of fused-ring (bicyclic) bond motifs is 1. The molecule has 6 rings (SSSR count). The minimum atomic E-state index is -0.672. The van der Waals surface area contributed by atoms with Crippen LogP contribution in [0.5, 0.6) is 0 Å². The molecule has 0 saturated carbocycles. The fourth-order valence-corrected chi connectivity index (χ4v) is 5.77. The van der Waals surface area contributed by atoms with E-state index < -0.39 is 23.5 Å². The fraction of sp³-hybridized carbons (Fsp3) is 0.314. The summed E-state index contributed by atoms with van der Waals surface area (Å²) in [6, 6.07) is 12.9. The molecule has 1 saturated heterocycles. The number of rotatable bonds is 6. The van der Waals surface area contributed by atoms with Crippen molar-refractivity contribution in [2.45, 2.75) is 32.8 Å². The van der Waals surface area contributed by atoms with Gasteiger partial charge in [-0.3, -0.25) is 14.4 Å². The van der Waals surface area contributed by atoms with E-state index in [1.807, 2.05) is 27.8 Å². The van der Waals surface area contributed by atoms with E-state index in [0.717, 1.165) is 28.0 Å². The number of piperazine rings is 1. The molecule has 0 atom stereocenters. The predicted molar refractivity (Wildman–Crippen MR) is 181 cm³/mol. The number of likely N-dealkylation sites (N-methyl/N-ethyl adjacent to an activating group) is 1. The molecule has 1 fully saturated rings. The van der Waals surface area contributed by atoms with Gasteiger partial charge in [0.2, 0.25) is 0 Å². The highest BCUT2D eigenvalue weighted by atomic mass is 19.1. The highest BCUT2D eigenvalue weighted by Crippen LogP contribution is 2.30. The van der Waals surface area contributed by atoms with Crippen LogP contribution in [-0.2, 0) is 19.1 Å². The lowest BCUT2D eigenvalue weighted by Gasteiger charge is -2.32. The zero-order valence-corrected chi connectivity index (χ0v) is 27.5. The molecule has 0 aliphatic carbocycles. The third-order valence-electron chi connectivity index (χ3n) is 8.65. The van der Waals surface area contributed by atoms with E-state index in [1.54, 1.807) is 41.3 Å². The van der Waals surface area contributed by atoms with E-state index in [9.17, 15) is 19.5 Å².